The summed E-state index contributed by atoms with van der Waals surface area (Å²) in [5.41, 5.74) is 14.7. The minimum atomic E-state index is -0.435. The molecule has 0 aromatic heterocycles. The van der Waals surface area contributed by atoms with Crippen molar-refractivity contribution < 1.29 is 9.53 Å². The van der Waals surface area contributed by atoms with Gasteiger partial charge >= 0.3 is 0 Å². The average molecular weight is 395 g/mol. The zero-order valence-electron chi connectivity index (χ0n) is 15.0. The third-order valence-electron chi connectivity index (χ3n) is 4.79. The number of hydrogen-bond acceptors (Lipinski definition) is 6. The Morgan fingerprint density at radius 2 is 1.89 bits per heavy atom. The van der Waals surface area contributed by atoms with Gasteiger partial charge in [-0.15, -0.1) is 0 Å². The molecule has 0 amide bonds. The predicted octanol–water partition coefficient (Wildman–Crippen LogP) is 2.86. The van der Waals surface area contributed by atoms with Gasteiger partial charge in [0.2, 0.25) is 0 Å². The number of para-hydroxylation sites is 1. The molecule has 1 unspecified atom stereocenters. The van der Waals surface area contributed by atoms with Crippen LogP contribution in [0, 0.1) is 0 Å². The van der Waals surface area contributed by atoms with Crippen LogP contribution in [0.3, 0.4) is 0 Å². The number of rotatable bonds is 3. The molecule has 0 saturated heterocycles. The molecule has 4 rings (SSSR count). The van der Waals surface area contributed by atoms with E-state index in [1.807, 2.05) is 24.3 Å². The summed E-state index contributed by atoms with van der Waals surface area (Å²) in [5.74, 6) is 1.10. The van der Waals surface area contributed by atoms with Crippen molar-refractivity contribution in [3.63, 3.8) is 0 Å². The number of halogens is 1. The van der Waals surface area contributed by atoms with Crippen LogP contribution in [0.1, 0.15) is 11.5 Å². The second kappa shape index (κ2) is 7.50. The SMILES string of the molecule is N/C=C1\C(N)=NC2=C(C(=O)CNC2)C1c1ccccc1Oc1ccc(Cl)cc1. The smallest absolute Gasteiger partial charge is 0.175 e. The number of amidine groups is 1. The number of hydrogen-bond donors (Lipinski definition) is 3. The minimum Gasteiger partial charge on any atom is -0.457 e. The molecular weight excluding hydrogens is 376 g/mol. The maximum Gasteiger partial charge on any atom is 0.175 e. The van der Waals surface area contributed by atoms with Gasteiger partial charge < -0.3 is 21.5 Å². The van der Waals surface area contributed by atoms with Gasteiger partial charge in [-0.1, -0.05) is 29.8 Å². The van der Waals surface area contributed by atoms with Crippen LogP contribution in [-0.4, -0.2) is 24.7 Å². The van der Waals surface area contributed by atoms with Crippen LogP contribution in [0.5, 0.6) is 11.5 Å². The number of benzene rings is 2. The van der Waals surface area contributed by atoms with Crippen LogP contribution in [0.25, 0.3) is 0 Å². The molecule has 2 aliphatic heterocycles. The molecule has 7 heteroatoms. The van der Waals surface area contributed by atoms with Gasteiger partial charge in [-0.25, -0.2) is 4.99 Å². The van der Waals surface area contributed by atoms with Crippen molar-refractivity contribution in [2.45, 2.75) is 5.92 Å². The molecule has 0 spiro atoms. The van der Waals surface area contributed by atoms with Crippen molar-refractivity contribution in [3.8, 4) is 11.5 Å². The van der Waals surface area contributed by atoms with E-state index in [1.165, 1.54) is 6.20 Å². The molecule has 2 aliphatic rings. The van der Waals surface area contributed by atoms with Crippen LogP contribution in [0.4, 0.5) is 0 Å². The number of ether oxygens (including phenoxy) is 1. The first-order valence-electron chi connectivity index (χ1n) is 8.84. The van der Waals surface area contributed by atoms with Crippen LogP contribution in [-0.2, 0) is 4.79 Å². The van der Waals surface area contributed by atoms with E-state index in [2.05, 4.69) is 10.3 Å². The number of carbonyl (C=O) groups excluding carboxylic acids is 1. The standard InChI is InChI=1S/C21H19ClN4O2/c22-12-5-7-13(8-6-12)28-18-4-2-1-3-14(18)19-15(9-23)21(24)26-16-10-25-11-17(27)20(16)19/h1-9,19,25H,10-11,23H2,(H2,24,26)/b15-9-. The summed E-state index contributed by atoms with van der Waals surface area (Å²) in [4.78, 5) is 17.1. The van der Waals surface area contributed by atoms with Crippen molar-refractivity contribution in [3.05, 3.63) is 82.2 Å². The maximum atomic E-state index is 12.7. The lowest BCUT2D eigenvalue weighted by atomic mass is 9.78. The molecule has 1 atom stereocenters. The van der Waals surface area contributed by atoms with Gasteiger partial charge in [-0.05, 0) is 30.3 Å². The molecule has 0 aliphatic carbocycles. The summed E-state index contributed by atoms with van der Waals surface area (Å²) >= 11 is 5.96. The van der Waals surface area contributed by atoms with Crippen molar-refractivity contribution in [1.82, 2.24) is 5.32 Å². The Morgan fingerprint density at radius 1 is 1.14 bits per heavy atom. The molecule has 2 aromatic rings. The summed E-state index contributed by atoms with van der Waals surface area (Å²) in [6.07, 6.45) is 1.42. The molecule has 0 bridgehead atoms. The fourth-order valence-corrected chi connectivity index (χ4v) is 3.66. The summed E-state index contributed by atoms with van der Waals surface area (Å²) in [6, 6.07) is 14.6. The Labute approximate surface area is 167 Å². The molecule has 28 heavy (non-hydrogen) atoms. The number of ketones is 1. The molecule has 142 valence electrons. The molecule has 0 saturated carbocycles. The molecule has 6 nitrogen and oxygen atoms in total. The fourth-order valence-electron chi connectivity index (χ4n) is 3.53. The summed E-state index contributed by atoms with van der Waals surface area (Å²) in [7, 11) is 0. The highest BCUT2D eigenvalue weighted by Gasteiger charge is 2.37. The summed E-state index contributed by atoms with van der Waals surface area (Å²) in [5, 5.41) is 3.68. The van der Waals surface area contributed by atoms with Crippen molar-refractivity contribution in [1.29, 1.82) is 0 Å². The highest BCUT2D eigenvalue weighted by atomic mass is 35.5. The van der Waals surface area contributed by atoms with E-state index in [4.69, 9.17) is 27.8 Å². The second-order valence-corrected chi connectivity index (χ2v) is 6.97. The van der Waals surface area contributed by atoms with Gasteiger partial charge in [-0.2, -0.15) is 0 Å². The number of nitrogens with one attached hydrogen (secondary N) is 1. The molecule has 2 aromatic carbocycles. The summed E-state index contributed by atoms with van der Waals surface area (Å²) in [6.45, 7) is 0.735. The van der Waals surface area contributed by atoms with Gasteiger partial charge in [0.15, 0.2) is 5.78 Å². The molecule has 0 radical (unpaired) electrons. The van der Waals surface area contributed by atoms with Crippen molar-refractivity contribution in [2.24, 2.45) is 16.5 Å². The first kappa shape index (κ1) is 18.3. The van der Waals surface area contributed by atoms with E-state index >= 15 is 0 Å². The summed E-state index contributed by atoms with van der Waals surface area (Å²) < 4.78 is 6.10. The zero-order valence-corrected chi connectivity index (χ0v) is 15.7. The van der Waals surface area contributed by atoms with Crippen molar-refractivity contribution >= 4 is 23.2 Å². The van der Waals surface area contributed by atoms with Crippen LogP contribution in [0.2, 0.25) is 5.02 Å². The normalized spacial score (nSPS) is 20.8. The van der Waals surface area contributed by atoms with Crippen LogP contribution < -0.4 is 21.5 Å². The highest BCUT2D eigenvalue weighted by Crippen LogP contribution is 2.43. The van der Waals surface area contributed by atoms with E-state index in [0.717, 1.165) is 5.56 Å². The first-order chi connectivity index (χ1) is 13.6. The second-order valence-electron chi connectivity index (χ2n) is 6.53. The lowest BCUT2D eigenvalue weighted by Gasteiger charge is -2.31. The maximum absolute atomic E-state index is 12.7. The Kier molecular flexibility index (Phi) is 4.90. The lowest BCUT2D eigenvalue weighted by molar-refractivity contribution is -0.115. The van der Waals surface area contributed by atoms with E-state index in [0.29, 0.717) is 45.7 Å². The molecule has 5 N–H and O–H groups in total. The third-order valence-corrected chi connectivity index (χ3v) is 5.04. The monoisotopic (exact) mass is 394 g/mol. The fraction of sp³-hybridized carbons (Fsp3) is 0.143. The Balaban J connectivity index is 1.83. The first-order valence-corrected chi connectivity index (χ1v) is 9.22. The number of carbonyl (C=O) groups is 1. The largest absolute Gasteiger partial charge is 0.457 e. The van der Waals surface area contributed by atoms with E-state index in [-0.39, 0.29) is 12.3 Å². The Bertz CT molecular complexity index is 1020. The lowest BCUT2D eigenvalue weighted by Crippen LogP contribution is -2.39. The van der Waals surface area contributed by atoms with Gasteiger partial charge in [0.1, 0.15) is 17.3 Å². The number of nitrogens with zero attached hydrogens (tertiary/aromatic N) is 1. The van der Waals surface area contributed by atoms with Crippen LogP contribution >= 0.6 is 11.6 Å². The van der Waals surface area contributed by atoms with Gasteiger partial charge in [0.25, 0.3) is 0 Å². The number of nitrogens with two attached hydrogens (primary N) is 2. The molecule has 0 fully saturated rings. The predicted molar refractivity (Wildman–Crippen MR) is 110 cm³/mol. The van der Waals surface area contributed by atoms with Gasteiger partial charge in [0.05, 0.1) is 12.2 Å². The molecule has 2 heterocycles. The Hall–Kier alpha value is -3.09. The zero-order chi connectivity index (χ0) is 19.7. The van der Waals surface area contributed by atoms with Crippen LogP contribution in [0.15, 0.2) is 76.6 Å². The van der Waals surface area contributed by atoms with Gasteiger partial charge in [0, 0.05) is 40.4 Å². The average Bonchev–Trinajstić information content (AvgIpc) is 2.69. The molecular formula is C21H19ClN4O2. The Morgan fingerprint density at radius 3 is 2.64 bits per heavy atom. The van der Waals surface area contributed by atoms with Gasteiger partial charge in [-0.3, -0.25) is 4.79 Å². The topological polar surface area (TPSA) is 103 Å². The third kappa shape index (κ3) is 3.28. The number of aliphatic imine (C=N–C) groups is 1. The number of Topliss-reactive ketones (excluding diaryl/α,β-unsaturated/α-hetero) is 1. The van der Waals surface area contributed by atoms with Crippen molar-refractivity contribution in [2.75, 3.05) is 13.1 Å². The highest BCUT2D eigenvalue weighted by molar-refractivity contribution is 6.30. The van der Waals surface area contributed by atoms with E-state index < -0.39 is 5.92 Å². The van der Waals surface area contributed by atoms with E-state index in [1.54, 1.807) is 24.3 Å². The van der Waals surface area contributed by atoms with E-state index in [9.17, 15) is 4.79 Å². The minimum absolute atomic E-state index is 0.0249. The quantitative estimate of drug-likeness (QED) is 0.742.